The number of benzene rings is 1. The summed E-state index contributed by atoms with van der Waals surface area (Å²) < 4.78 is 2.38. The van der Waals surface area contributed by atoms with E-state index in [0.717, 1.165) is 15.5 Å². The second-order valence-electron chi connectivity index (χ2n) is 4.74. The smallest absolute Gasteiger partial charge is 0.150 e. The largest absolute Gasteiger partial charge is 0.380 e. The Morgan fingerprint density at radius 3 is 2.69 bits per heavy atom. The van der Waals surface area contributed by atoms with Crippen molar-refractivity contribution in [2.24, 2.45) is 0 Å². The summed E-state index contributed by atoms with van der Waals surface area (Å²) in [6.45, 7) is 6.47. The average Bonchev–Trinajstić information content (AvgIpc) is 2.57. The van der Waals surface area contributed by atoms with E-state index in [9.17, 15) is 0 Å². The molecule has 0 unspecified atom stereocenters. The predicted molar refractivity (Wildman–Crippen MR) is 74.8 cm³/mol. The Morgan fingerprint density at radius 2 is 2.06 bits per heavy atom. The number of thiazole rings is 1. The normalized spacial score (nSPS) is 12.0. The van der Waals surface area contributed by atoms with Crippen LogP contribution in [0, 0.1) is 0 Å². The van der Waals surface area contributed by atoms with Gasteiger partial charge in [-0.25, -0.2) is 4.98 Å². The maximum Gasteiger partial charge on any atom is 0.150 e. The summed E-state index contributed by atoms with van der Waals surface area (Å²) in [5.74, 6) is 0. The molecule has 4 heteroatoms. The Bertz CT molecular complexity index is 497. The fourth-order valence-corrected chi connectivity index (χ4v) is 2.97. The van der Waals surface area contributed by atoms with Crippen molar-refractivity contribution in [3.63, 3.8) is 0 Å². The minimum atomic E-state index is 0.0893. The van der Waals surface area contributed by atoms with Crippen LogP contribution in [-0.2, 0) is 0 Å². The first kappa shape index (κ1) is 11.7. The van der Waals surface area contributed by atoms with Gasteiger partial charge >= 0.3 is 0 Å². The zero-order chi connectivity index (χ0) is 11.8. The van der Waals surface area contributed by atoms with Gasteiger partial charge in [-0.15, -0.1) is 11.3 Å². The van der Waals surface area contributed by atoms with Crippen LogP contribution in [0.2, 0.25) is 0 Å². The third kappa shape index (κ3) is 2.68. The molecule has 2 aromatic rings. The number of hydrogen-bond donors (Lipinski definition) is 1. The molecular weight excluding hydrogens is 236 g/mol. The van der Waals surface area contributed by atoms with Crippen molar-refractivity contribution in [3.05, 3.63) is 18.2 Å². The number of anilines is 1. The van der Waals surface area contributed by atoms with E-state index in [1.165, 1.54) is 4.70 Å². The number of aromatic nitrogens is 1. The highest BCUT2D eigenvalue weighted by Crippen LogP contribution is 2.30. The van der Waals surface area contributed by atoms with Gasteiger partial charge in [-0.1, -0.05) is 11.8 Å². The molecular formula is C12H16N2S2. The molecule has 0 radical (unpaired) electrons. The van der Waals surface area contributed by atoms with Crippen LogP contribution in [0.3, 0.4) is 0 Å². The maximum atomic E-state index is 4.56. The number of nitrogens with zero attached hydrogens (tertiary/aromatic N) is 1. The molecule has 1 N–H and O–H groups in total. The molecule has 0 saturated carbocycles. The van der Waals surface area contributed by atoms with Crippen molar-refractivity contribution in [2.45, 2.75) is 30.6 Å². The van der Waals surface area contributed by atoms with Crippen LogP contribution < -0.4 is 5.32 Å². The molecule has 0 atom stereocenters. The molecule has 0 aliphatic heterocycles. The number of rotatable bonds is 2. The molecule has 0 fully saturated rings. The summed E-state index contributed by atoms with van der Waals surface area (Å²) >= 11 is 3.45. The first-order valence-electron chi connectivity index (χ1n) is 5.21. The number of nitrogens with one attached hydrogen (secondary N) is 1. The van der Waals surface area contributed by atoms with E-state index < -0.39 is 0 Å². The molecule has 16 heavy (non-hydrogen) atoms. The lowest BCUT2D eigenvalue weighted by Gasteiger charge is -2.21. The molecule has 0 bridgehead atoms. The Kier molecular flexibility index (Phi) is 3.13. The third-order valence-electron chi connectivity index (χ3n) is 2.06. The molecule has 0 saturated heterocycles. The molecule has 0 aliphatic rings. The van der Waals surface area contributed by atoms with E-state index in [4.69, 9.17) is 0 Å². The van der Waals surface area contributed by atoms with Crippen molar-refractivity contribution in [1.29, 1.82) is 0 Å². The molecule has 1 aromatic carbocycles. The van der Waals surface area contributed by atoms with Gasteiger partial charge in [-0.05, 0) is 45.2 Å². The number of thioether (sulfide) groups is 1. The van der Waals surface area contributed by atoms with Crippen molar-refractivity contribution in [3.8, 4) is 0 Å². The second-order valence-corrected chi connectivity index (χ2v) is 6.83. The lowest BCUT2D eigenvalue weighted by Crippen LogP contribution is -2.25. The van der Waals surface area contributed by atoms with Gasteiger partial charge in [-0.3, -0.25) is 0 Å². The summed E-state index contributed by atoms with van der Waals surface area (Å²) in [5.41, 5.74) is 2.31. The summed E-state index contributed by atoms with van der Waals surface area (Å²) in [5, 5.41) is 3.46. The number of fused-ring (bicyclic) bond motifs is 1. The summed E-state index contributed by atoms with van der Waals surface area (Å²) in [4.78, 5) is 4.56. The van der Waals surface area contributed by atoms with Crippen molar-refractivity contribution in [2.75, 3.05) is 11.6 Å². The van der Waals surface area contributed by atoms with Gasteiger partial charge in [0.05, 0.1) is 10.2 Å². The summed E-state index contributed by atoms with van der Waals surface area (Å²) in [7, 11) is 0. The topological polar surface area (TPSA) is 24.9 Å². The fraction of sp³-hybridized carbons (Fsp3) is 0.417. The lowest BCUT2D eigenvalue weighted by molar-refractivity contribution is 0.634. The molecule has 2 rings (SSSR count). The second kappa shape index (κ2) is 4.26. The van der Waals surface area contributed by atoms with E-state index in [0.29, 0.717) is 0 Å². The van der Waals surface area contributed by atoms with E-state index in [1.54, 1.807) is 23.1 Å². The summed E-state index contributed by atoms with van der Waals surface area (Å²) in [6, 6.07) is 6.38. The zero-order valence-electron chi connectivity index (χ0n) is 10.00. The molecule has 0 aliphatic carbocycles. The minimum Gasteiger partial charge on any atom is -0.380 e. The zero-order valence-corrected chi connectivity index (χ0v) is 11.6. The average molecular weight is 252 g/mol. The Morgan fingerprint density at radius 1 is 1.31 bits per heavy atom. The highest BCUT2D eigenvalue weighted by molar-refractivity contribution is 8.00. The molecule has 1 heterocycles. The Balaban J connectivity index is 2.36. The minimum absolute atomic E-state index is 0.0893. The van der Waals surface area contributed by atoms with Gasteiger partial charge in [0.15, 0.2) is 4.34 Å². The fourth-order valence-electron chi connectivity index (χ4n) is 1.50. The molecule has 2 nitrogen and oxygen atoms in total. The molecule has 0 spiro atoms. The van der Waals surface area contributed by atoms with Crippen LogP contribution in [0.1, 0.15) is 20.8 Å². The summed E-state index contributed by atoms with van der Waals surface area (Å²) in [6.07, 6.45) is 2.06. The van der Waals surface area contributed by atoms with Gasteiger partial charge in [-0.2, -0.15) is 0 Å². The van der Waals surface area contributed by atoms with Gasteiger partial charge in [0.1, 0.15) is 0 Å². The molecule has 0 amide bonds. The van der Waals surface area contributed by atoms with Gasteiger partial charge in [0.25, 0.3) is 0 Å². The SMILES string of the molecule is CSc1nc2cc(NC(C)(C)C)ccc2s1. The van der Waals surface area contributed by atoms with Crippen molar-refractivity contribution >= 4 is 39.0 Å². The highest BCUT2D eigenvalue weighted by atomic mass is 32.2. The molecule has 86 valence electrons. The van der Waals surface area contributed by atoms with E-state index in [2.05, 4.69) is 55.5 Å². The van der Waals surface area contributed by atoms with Crippen LogP contribution in [-0.4, -0.2) is 16.8 Å². The molecule has 1 aromatic heterocycles. The first-order valence-corrected chi connectivity index (χ1v) is 7.25. The van der Waals surface area contributed by atoms with E-state index in [1.807, 2.05) is 0 Å². The van der Waals surface area contributed by atoms with Crippen LogP contribution >= 0.6 is 23.1 Å². The quantitative estimate of drug-likeness (QED) is 0.810. The standard InChI is InChI=1S/C12H16N2S2/c1-12(2,3)14-8-5-6-10-9(7-8)13-11(15-4)16-10/h5-7,14H,1-4H3. The number of hydrogen-bond acceptors (Lipinski definition) is 4. The Labute approximate surface area is 104 Å². The van der Waals surface area contributed by atoms with Crippen LogP contribution in [0.5, 0.6) is 0 Å². The van der Waals surface area contributed by atoms with Crippen molar-refractivity contribution < 1.29 is 0 Å². The lowest BCUT2D eigenvalue weighted by atomic mass is 10.1. The van der Waals surface area contributed by atoms with Crippen LogP contribution in [0.4, 0.5) is 5.69 Å². The predicted octanol–water partition coefficient (Wildman–Crippen LogP) is 4.23. The first-order chi connectivity index (χ1) is 7.48. The van der Waals surface area contributed by atoms with Gasteiger partial charge in [0, 0.05) is 11.2 Å². The maximum absolute atomic E-state index is 4.56. The Hall–Kier alpha value is -0.740. The van der Waals surface area contributed by atoms with E-state index in [-0.39, 0.29) is 5.54 Å². The van der Waals surface area contributed by atoms with E-state index >= 15 is 0 Å². The van der Waals surface area contributed by atoms with Gasteiger partial charge < -0.3 is 5.32 Å². The third-order valence-corrected chi connectivity index (χ3v) is 4.08. The van der Waals surface area contributed by atoms with Crippen LogP contribution in [0.15, 0.2) is 22.5 Å². The highest BCUT2D eigenvalue weighted by Gasteiger charge is 2.10. The van der Waals surface area contributed by atoms with Crippen molar-refractivity contribution in [1.82, 2.24) is 4.98 Å². The monoisotopic (exact) mass is 252 g/mol. The van der Waals surface area contributed by atoms with Gasteiger partial charge in [0.2, 0.25) is 0 Å². The van der Waals surface area contributed by atoms with Crippen LogP contribution in [0.25, 0.3) is 10.2 Å².